The van der Waals surface area contributed by atoms with Crippen molar-refractivity contribution in [1.82, 2.24) is 5.32 Å². The average molecular weight is 335 g/mol. The second kappa shape index (κ2) is 7.92. The Morgan fingerprint density at radius 3 is 2.04 bits per heavy atom. The number of benzene rings is 2. The zero-order chi connectivity index (χ0) is 16.7. The number of amides is 1. The fourth-order valence-electron chi connectivity index (χ4n) is 1.99. The summed E-state index contributed by atoms with van der Waals surface area (Å²) in [5, 5.41) is 2.25. The Bertz CT molecular complexity index is 671. The van der Waals surface area contributed by atoms with Crippen LogP contribution in [0, 0.1) is 0 Å². The summed E-state index contributed by atoms with van der Waals surface area (Å²) < 4.78 is 16.6. The molecule has 0 saturated carbocycles. The van der Waals surface area contributed by atoms with E-state index in [1.807, 2.05) is 18.2 Å². The van der Waals surface area contributed by atoms with E-state index in [-0.39, 0.29) is 13.0 Å². The molecule has 3 N–H and O–H groups in total. The summed E-state index contributed by atoms with van der Waals surface area (Å²) in [6, 6.07) is 17.8. The van der Waals surface area contributed by atoms with E-state index in [4.69, 9.17) is 4.74 Å². The third kappa shape index (κ3) is 5.87. The van der Waals surface area contributed by atoms with Gasteiger partial charge in [-0.15, -0.1) is 0 Å². The van der Waals surface area contributed by atoms with Crippen LogP contribution in [0.3, 0.4) is 0 Å². The van der Waals surface area contributed by atoms with Crippen LogP contribution in [0.25, 0.3) is 0 Å². The molecule has 1 unspecified atom stereocenters. The van der Waals surface area contributed by atoms with E-state index in [2.05, 4.69) is 5.32 Å². The van der Waals surface area contributed by atoms with Crippen LogP contribution in [0.4, 0.5) is 4.79 Å². The summed E-state index contributed by atoms with van der Waals surface area (Å²) in [4.78, 5) is 30.6. The predicted octanol–water partition coefficient (Wildman–Crippen LogP) is 2.66. The molecule has 1 amide bonds. The van der Waals surface area contributed by atoms with Crippen molar-refractivity contribution in [3.63, 3.8) is 0 Å². The van der Waals surface area contributed by atoms with Gasteiger partial charge in [0.2, 0.25) is 0 Å². The largest absolute Gasteiger partial charge is 0.445 e. The van der Waals surface area contributed by atoms with Crippen molar-refractivity contribution >= 4 is 13.7 Å². The lowest BCUT2D eigenvalue weighted by atomic mass is 10.1. The Balaban J connectivity index is 1.95. The fraction of sp³-hybridized carbons (Fsp3) is 0.188. The Labute approximate surface area is 134 Å². The van der Waals surface area contributed by atoms with Crippen molar-refractivity contribution in [2.75, 3.05) is 0 Å². The van der Waals surface area contributed by atoms with Crippen molar-refractivity contribution in [1.29, 1.82) is 0 Å². The average Bonchev–Trinajstić information content (AvgIpc) is 2.53. The van der Waals surface area contributed by atoms with E-state index in [0.717, 1.165) is 5.56 Å². The molecule has 0 bridgehead atoms. The standard InChI is InChI=1S/C16H18NO5P/c18-16(22-12-14-9-5-2-6-10-14)17-15(23(19,20)21)11-13-7-3-1-4-8-13/h1-10,15H,11-12H2,(H,17,18)(H2,19,20,21). The van der Waals surface area contributed by atoms with Crippen LogP contribution in [0.2, 0.25) is 0 Å². The summed E-state index contributed by atoms with van der Waals surface area (Å²) in [6.07, 6.45) is -0.843. The summed E-state index contributed by atoms with van der Waals surface area (Å²) in [5.74, 6) is -1.33. The minimum atomic E-state index is -4.50. The molecular formula is C16H18NO5P. The molecule has 1 atom stereocenters. The van der Waals surface area contributed by atoms with Crippen molar-refractivity contribution in [3.05, 3.63) is 71.8 Å². The molecule has 2 aromatic carbocycles. The lowest BCUT2D eigenvalue weighted by Crippen LogP contribution is -2.36. The first-order valence-corrected chi connectivity index (χ1v) is 8.69. The predicted molar refractivity (Wildman–Crippen MR) is 85.7 cm³/mol. The number of rotatable bonds is 6. The normalized spacial score (nSPS) is 12.4. The molecule has 0 heterocycles. The van der Waals surface area contributed by atoms with E-state index >= 15 is 0 Å². The van der Waals surface area contributed by atoms with E-state index in [1.165, 1.54) is 0 Å². The molecule has 0 aliphatic heterocycles. The third-order valence-electron chi connectivity index (χ3n) is 3.18. The molecule has 0 radical (unpaired) electrons. The zero-order valence-electron chi connectivity index (χ0n) is 12.3. The van der Waals surface area contributed by atoms with Gasteiger partial charge in [-0.25, -0.2) is 4.79 Å². The third-order valence-corrected chi connectivity index (χ3v) is 4.30. The highest BCUT2D eigenvalue weighted by Crippen LogP contribution is 2.41. The van der Waals surface area contributed by atoms with E-state index in [0.29, 0.717) is 5.56 Å². The van der Waals surface area contributed by atoms with Gasteiger partial charge in [-0.1, -0.05) is 60.7 Å². The van der Waals surface area contributed by atoms with Crippen molar-refractivity contribution in [3.8, 4) is 0 Å². The van der Waals surface area contributed by atoms with Gasteiger partial charge >= 0.3 is 13.7 Å². The fourth-order valence-corrected chi connectivity index (χ4v) is 2.71. The molecule has 0 aliphatic carbocycles. The number of nitrogens with one attached hydrogen (secondary N) is 1. The van der Waals surface area contributed by atoms with Crippen molar-refractivity contribution in [2.45, 2.75) is 18.8 Å². The number of ether oxygens (including phenoxy) is 1. The molecule has 0 aromatic heterocycles. The molecule has 23 heavy (non-hydrogen) atoms. The number of carbonyl (C=O) groups excluding carboxylic acids is 1. The summed E-state index contributed by atoms with van der Waals surface area (Å²) in [6.45, 7) is 0.0336. The molecule has 0 aliphatic rings. The molecule has 0 saturated heterocycles. The highest BCUT2D eigenvalue weighted by molar-refractivity contribution is 7.52. The molecule has 122 valence electrons. The zero-order valence-corrected chi connectivity index (χ0v) is 13.2. The molecule has 2 aromatic rings. The lowest BCUT2D eigenvalue weighted by molar-refractivity contribution is 0.137. The van der Waals surface area contributed by atoms with Gasteiger partial charge in [0.15, 0.2) is 0 Å². The van der Waals surface area contributed by atoms with Crippen molar-refractivity contribution < 1.29 is 23.9 Å². The first-order valence-electron chi connectivity index (χ1n) is 7.01. The maximum Gasteiger partial charge on any atom is 0.408 e. The minimum Gasteiger partial charge on any atom is -0.445 e. The van der Waals surface area contributed by atoms with E-state index in [1.54, 1.807) is 42.5 Å². The van der Waals surface area contributed by atoms with Gasteiger partial charge in [-0.05, 0) is 11.1 Å². The molecule has 7 heteroatoms. The highest BCUT2D eigenvalue weighted by atomic mass is 31.2. The van der Waals surface area contributed by atoms with Gasteiger partial charge in [-0.2, -0.15) is 0 Å². The summed E-state index contributed by atoms with van der Waals surface area (Å²) >= 11 is 0. The number of carbonyl (C=O) groups is 1. The van der Waals surface area contributed by atoms with Crippen molar-refractivity contribution in [2.24, 2.45) is 0 Å². The van der Waals surface area contributed by atoms with Crippen LogP contribution in [0.15, 0.2) is 60.7 Å². The van der Waals surface area contributed by atoms with Crippen LogP contribution < -0.4 is 5.32 Å². The molecule has 2 rings (SSSR count). The SMILES string of the molecule is O=C(NC(Cc1ccccc1)P(=O)(O)O)OCc1ccccc1. The van der Waals surface area contributed by atoms with Crippen LogP contribution in [-0.4, -0.2) is 21.7 Å². The van der Waals surface area contributed by atoms with E-state index in [9.17, 15) is 19.1 Å². The first kappa shape index (κ1) is 17.2. The van der Waals surface area contributed by atoms with Crippen LogP contribution in [0.5, 0.6) is 0 Å². The number of alkyl carbamates (subject to hydrolysis) is 1. The van der Waals surface area contributed by atoms with Crippen LogP contribution in [0.1, 0.15) is 11.1 Å². The van der Waals surface area contributed by atoms with Gasteiger partial charge < -0.3 is 19.8 Å². The molecule has 0 spiro atoms. The maximum atomic E-state index is 11.8. The van der Waals surface area contributed by atoms with Crippen LogP contribution >= 0.6 is 7.60 Å². The summed E-state index contributed by atoms with van der Waals surface area (Å²) in [7, 11) is -4.50. The second-order valence-corrected chi connectivity index (χ2v) is 6.80. The lowest BCUT2D eigenvalue weighted by Gasteiger charge is -2.19. The molecule has 6 nitrogen and oxygen atoms in total. The van der Waals surface area contributed by atoms with E-state index < -0.39 is 19.5 Å². The molecule has 0 fully saturated rings. The maximum absolute atomic E-state index is 11.8. The van der Waals surface area contributed by atoms with Gasteiger partial charge in [0.05, 0.1) is 0 Å². The Hall–Kier alpha value is -2.14. The quantitative estimate of drug-likeness (QED) is 0.705. The van der Waals surface area contributed by atoms with Gasteiger partial charge in [-0.3, -0.25) is 4.57 Å². The first-order chi connectivity index (χ1) is 10.9. The van der Waals surface area contributed by atoms with Crippen LogP contribution in [-0.2, 0) is 22.3 Å². The van der Waals surface area contributed by atoms with Gasteiger partial charge in [0.25, 0.3) is 0 Å². The number of hydrogen-bond donors (Lipinski definition) is 3. The Morgan fingerprint density at radius 2 is 1.52 bits per heavy atom. The van der Waals surface area contributed by atoms with Gasteiger partial charge in [0.1, 0.15) is 12.4 Å². The van der Waals surface area contributed by atoms with Gasteiger partial charge in [0, 0.05) is 6.42 Å². The minimum absolute atomic E-state index is 0.0194. The molecular weight excluding hydrogens is 317 g/mol. The Morgan fingerprint density at radius 1 is 1.00 bits per heavy atom. The number of hydrogen-bond acceptors (Lipinski definition) is 3. The second-order valence-electron chi connectivity index (χ2n) is 5.00. The monoisotopic (exact) mass is 335 g/mol. The highest BCUT2D eigenvalue weighted by Gasteiger charge is 2.31. The Kier molecular flexibility index (Phi) is 5.93. The smallest absolute Gasteiger partial charge is 0.408 e. The summed E-state index contributed by atoms with van der Waals surface area (Å²) in [5.41, 5.74) is 1.50. The topological polar surface area (TPSA) is 95.9 Å².